The number of nitrogens with zero attached hydrogens (tertiary/aromatic N) is 1. The van der Waals surface area contributed by atoms with E-state index in [1.807, 2.05) is 24.4 Å². The van der Waals surface area contributed by atoms with Gasteiger partial charge in [-0.3, -0.25) is 0 Å². The summed E-state index contributed by atoms with van der Waals surface area (Å²) in [6, 6.07) is 5.61. The summed E-state index contributed by atoms with van der Waals surface area (Å²) < 4.78 is 5.71. The Morgan fingerprint density at radius 3 is 2.76 bits per heavy atom. The van der Waals surface area contributed by atoms with Gasteiger partial charge in [0.05, 0.1) is 6.61 Å². The summed E-state index contributed by atoms with van der Waals surface area (Å²) in [5.74, 6) is 0.947. The highest BCUT2D eigenvalue weighted by Gasteiger charge is 2.09. The minimum Gasteiger partial charge on any atom is -0.494 e. The molecule has 0 spiro atoms. The molecule has 0 aliphatic carbocycles. The normalized spacial score (nSPS) is 14.2. The number of hydrogen-bond donors (Lipinski definition) is 0. The Balaban J connectivity index is 1.81. The molecule has 1 heterocycles. The second-order valence-electron chi connectivity index (χ2n) is 4.83. The number of ether oxygens (including phenoxy) is 1. The van der Waals surface area contributed by atoms with E-state index >= 15 is 0 Å². The molecule has 0 bridgehead atoms. The van der Waals surface area contributed by atoms with Crippen molar-refractivity contribution in [2.24, 2.45) is 0 Å². The molecule has 0 N–H and O–H groups in total. The van der Waals surface area contributed by atoms with Crippen molar-refractivity contribution in [2.45, 2.75) is 19.4 Å². The summed E-state index contributed by atoms with van der Waals surface area (Å²) in [7, 11) is 0. The first-order valence-corrected chi connectivity index (χ1v) is 8.82. The predicted octanol–water partition coefficient (Wildman–Crippen LogP) is 5.40. The average molecular weight is 391 g/mol. The number of hydrogen-bond acceptors (Lipinski definition) is 2. The molecule has 0 saturated carbocycles. The number of allylic oxidation sites excluding steroid dienone is 1. The van der Waals surface area contributed by atoms with Crippen LogP contribution in [-0.4, -0.2) is 23.4 Å². The molecular formula is C16H18BrCl2NO. The van der Waals surface area contributed by atoms with Gasteiger partial charge >= 0.3 is 0 Å². The molecule has 1 aliphatic heterocycles. The van der Waals surface area contributed by atoms with Crippen LogP contribution in [0.4, 0.5) is 0 Å². The first-order chi connectivity index (χ1) is 10.2. The highest BCUT2D eigenvalue weighted by molar-refractivity contribution is 9.09. The van der Waals surface area contributed by atoms with Crippen LogP contribution in [0, 0.1) is 0 Å². The zero-order valence-electron chi connectivity index (χ0n) is 11.7. The molecule has 2 rings (SSSR count). The predicted molar refractivity (Wildman–Crippen MR) is 93.1 cm³/mol. The third-order valence-electron chi connectivity index (χ3n) is 3.16. The van der Waals surface area contributed by atoms with Crippen LogP contribution in [0.15, 0.2) is 42.3 Å². The molecule has 21 heavy (non-hydrogen) atoms. The van der Waals surface area contributed by atoms with Gasteiger partial charge in [-0.25, -0.2) is 0 Å². The number of unbranched alkanes of at least 4 members (excludes halogenated alkanes) is 1. The number of alkyl halides is 1. The quantitative estimate of drug-likeness (QED) is 0.456. The van der Waals surface area contributed by atoms with Crippen molar-refractivity contribution in [3.8, 4) is 0 Å². The van der Waals surface area contributed by atoms with Crippen molar-refractivity contribution in [1.82, 2.24) is 4.90 Å². The number of rotatable bonds is 7. The largest absolute Gasteiger partial charge is 0.494 e. The van der Waals surface area contributed by atoms with Crippen molar-refractivity contribution < 1.29 is 4.74 Å². The number of benzene rings is 1. The van der Waals surface area contributed by atoms with Crippen LogP contribution in [0.1, 0.15) is 18.4 Å². The summed E-state index contributed by atoms with van der Waals surface area (Å²) in [5, 5.41) is 2.40. The maximum Gasteiger partial charge on any atom is 0.118 e. The van der Waals surface area contributed by atoms with Gasteiger partial charge in [-0.2, -0.15) is 0 Å². The average Bonchev–Trinajstić information content (AvgIpc) is 2.48. The molecule has 0 atom stereocenters. The zero-order valence-corrected chi connectivity index (χ0v) is 14.8. The third kappa shape index (κ3) is 5.57. The molecule has 114 valence electrons. The lowest BCUT2D eigenvalue weighted by molar-refractivity contribution is 0.213. The second-order valence-corrected chi connectivity index (χ2v) is 6.47. The molecule has 2 nitrogen and oxygen atoms in total. The van der Waals surface area contributed by atoms with Gasteiger partial charge < -0.3 is 9.64 Å². The molecule has 0 saturated heterocycles. The van der Waals surface area contributed by atoms with E-state index in [1.165, 1.54) is 0 Å². The Bertz CT molecular complexity index is 531. The monoisotopic (exact) mass is 389 g/mol. The Kier molecular flexibility index (Phi) is 6.94. The first kappa shape index (κ1) is 16.7. The fraction of sp³-hybridized carbons (Fsp3) is 0.375. The SMILES string of the molecule is Clc1ccc(CN2C=CC(OCCCCBr)=CC2)c(Cl)c1. The second kappa shape index (κ2) is 8.72. The minimum absolute atomic E-state index is 0.664. The van der Waals surface area contributed by atoms with E-state index in [0.717, 1.165) is 49.2 Å². The summed E-state index contributed by atoms with van der Waals surface area (Å²) >= 11 is 15.5. The fourth-order valence-corrected chi connectivity index (χ4v) is 2.86. The van der Waals surface area contributed by atoms with Crippen LogP contribution in [0.3, 0.4) is 0 Å². The molecule has 5 heteroatoms. The van der Waals surface area contributed by atoms with Gasteiger partial charge in [-0.1, -0.05) is 45.2 Å². The van der Waals surface area contributed by atoms with Crippen molar-refractivity contribution in [2.75, 3.05) is 18.5 Å². The molecule has 0 unspecified atom stereocenters. The van der Waals surface area contributed by atoms with E-state index in [0.29, 0.717) is 10.0 Å². The maximum atomic E-state index is 6.20. The molecular weight excluding hydrogens is 373 g/mol. The number of halogens is 3. The Morgan fingerprint density at radius 1 is 1.24 bits per heavy atom. The summed E-state index contributed by atoms with van der Waals surface area (Å²) in [6.07, 6.45) is 8.35. The highest BCUT2D eigenvalue weighted by atomic mass is 79.9. The topological polar surface area (TPSA) is 12.5 Å². The first-order valence-electron chi connectivity index (χ1n) is 6.94. The molecule has 1 aromatic carbocycles. The van der Waals surface area contributed by atoms with E-state index in [2.05, 4.69) is 26.9 Å². The van der Waals surface area contributed by atoms with Crippen LogP contribution in [0.2, 0.25) is 10.0 Å². The van der Waals surface area contributed by atoms with Crippen molar-refractivity contribution in [3.05, 3.63) is 57.9 Å². The molecule has 0 amide bonds. The summed E-state index contributed by atoms with van der Waals surface area (Å²) in [5.41, 5.74) is 1.07. The standard InChI is InChI=1S/C16H18BrCl2NO/c17-7-1-2-10-21-15-5-8-20(9-6-15)12-13-3-4-14(18)11-16(13)19/h3-6,8,11H,1-2,7,9-10,12H2. The fourth-order valence-electron chi connectivity index (χ4n) is 1.99. The Hall–Kier alpha value is -0.640. The maximum absolute atomic E-state index is 6.20. The Morgan fingerprint density at radius 2 is 2.10 bits per heavy atom. The van der Waals surface area contributed by atoms with Gasteiger partial charge in [0.15, 0.2) is 0 Å². The van der Waals surface area contributed by atoms with E-state index in [9.17, 15) is 0 Å². The smallest absolute Gasteiger partial charge is 0.118 e. The van der Waals surface area contributed by atoms with Gasteiger partial charge in [0.25, 0.3) is 0 Å². The van der Waals surface area contributed by atoms with Crippen LogP contribution >= 0.6 is 39.1 Å². The van der Waals surface area contributed by atoms with Gasteiger partial charge in [0.1, 0.15) is 5.76 Å². The van der Waals surface area contributed by atoms with E-state index in [1.54, 1.807) is 6.07 Å². The summed E-state index contributed by atoms with van der Waals surface area (Å²) in [6.45, 7) is 2.36. The molecule has 1 aliphatic rings. The third-order valence-corrected chi connectivity index (χ3v) is 4.31. The van der Waals surface area contributed by atoms with Crippen molar-refractivity contribution >= 4 is 39.1 Å². The van der Waals surface area contributed by atoms with Gasteiger partial charge in [-0.15, -0.1) is 0 Å². The lowest BCUT2D eigenvalue weighted by Gasteiger charge is -2.23. The van der Waals surface area contributed by atoms with Crippen LogP contribution < -0.4 is 0 Å². The lowest BCUT2D eigenvalue weighted by atomic mass is 10.2. The molecule has 0 fully saturated rings. The molecule has 0 aromatic heterocycles. The minimum atomic E-state index is 0.664. The van der Waals surface area contributed by atoms with E-state index in [4.69, 9.17) is 27.9 Å². The Labute approximate surface area is 144 Å². The van der Waals surface area contributed by atoms with Crippen LogP contribution in [-0.2, 0) is 11.3 Å². The zero-order chi connectivity index (χ0) is 15.1. The van der Waals surface area contributed by atoms with E-state index in [-0.39, 0.29) is 0 Å². The van der Waals surface area contributed by atoms with Crippen LogP contribution in [0.5, 0.6) is 0 Å². The summed E-state index contributed by atoms with van der Waals surface area (Å²) in [4.78, 5) is 2.18. The van der Waals surface area contributed by atoms with Crippen molar-refractivity contribution in [3.63, 3.8) is 0 Å². The lowest BCUT2D eigenvalue weighted by Crippen LogP contribution is -2.20. The van der Waals surface area contributed by atoms with Crippen molar-refractivity contribution in [1.29, 1.82) is 0 Å². The highest BCUT2D eigenvalue weighted by Crippen LogP contribution is 2.23. The van der Waals surface area contributed by atoms with Gasteiger partial charge in [0, 0.05) is 34.7 Å². The van der Waals surface area contributed by atoms with Crippen LogP contribution in [0.25, 0.3) is 0 Å². The molecule has 0 radical (unpaired) electrons. The van der Waals surface area contributed by atoms with Gasteiger partial charge in [0.2, 0.25) is 0 Å². The molecule has 1 aromatic rings. The van der Waals surface area contributed by atoms with Gasteiger partial charge in [-0.05, 0) is 42.7 Å². The van der Waals surface area contributed by atoms with E-state index < -0.39 is 0 Å².